The van der Waals surface area contributed by atoms with E-state index in [0.29, 0.717) is 13.0 Å². The van der Waals surface area contributed by atoms with Crippen molar-refractivity contribution in [3.63, 3.8) is 0 Å². The molecule has 1 unspecified atom stereocenters. The van der Waals surface area contributed by atoms with E-state index in [4.69, 9.17) is 17.3 Å². The normalized spacial score (nSPS) is 29.3. The molecule has 1 heterocycles. The van der Waals surface area contributed by atoms with E-state index in [-0.39, 0.29) is 6.54 Å². The van der Waals surface area contributed by atoms with E-state index in [1.54, 1.807) is 6.92 Å². The summed E-state index contributed by atoms with van der Waals surface area (Å²) >= 11 is 5.30. The molecular weight excluding hydrogens is 228 g/mol. The number of hydrogen-bond donors (Lipinski definition) is 1. The number of nitrogens with two attached hydrogens (primary N) is 1. The van der Waals surface area contributed by atoms with E-state index >= 15 is 0 Å². The second-order valence-corrected chi connectivity index (χ2v) is 6.28. The maximum Gasteiger partial charge on any atom is 0.228 e. The molecule has 1 atom stereocenters. The van der Waals surface area contributed by atoms with Gasteiger partial charge in [-0.25, -0.2) is 8.42 Å². The van der Waals surface area contributed by atoms with Crippen LogP contribution in [0.5, 0.6) is 0 Å². The SMILES string of the molecule is CC1(C(N)=O)CCN(S(=O)(=O)CCl)C1. The van der Waals surface area contributed by atoms with Crippen molar-refractivity contribution in [3.05, 3.63) is 0 Å². The Morgan fingerprint density at radius 3 is 2.57 bits per heavy atom. The van der Waals surface area contributed by atoms with Gasteiger partial charge in [0.15, 0.2) is 0 Å². The third kappa shape index (κ3) is 2.02. The fraction of sp³-hybridized carbons (Fsp3) is 0.857. The molecule has 0 aromatic rings. The highest BCUT2D eigenvalue weighted by Crippen LogP contribution is 2.31. The van der Waals surface area contributed by atoms with Gasteiger partial charge >= 0.3 is 0 Å². The smallest absolute Gasteiger partial charge is 0.228 e. The van der Waals surface area contributed by atoms with Crippen LogP contribution < -0.4 is 5.73 Å². The summed E-state index contributed by atoms with van der Waals surface area (Å²) in [6, 6.07) is 0. The van der Waals surface area contributed by atoms with E-state index in [9.17, 15) is 13.2 Å². The number of carbonyl (C=O) groups is 1. The molecular formula is C7H13ClN2O3S. The monoisotopic (exact) mass is 240 g/mol. The molecule has 0 aliphatic carbocycles. The Kier molecular flexibility index (Phi) is 3.08. The topological polar surface area (TPSA) is 80.5 Å². The van der Waals surface area contributed by atoms with Crippen LogP contribution in [0.1, 0.15) is 13.3 Å². The van der Waals surface area contributed by atoms with Crippen LogP contribution >= 0.6 is 11.6 Å². The number of nitrogens with zero attached hydrogens (tertiary/aromatic N) is 1. The molecule has 0 aromatic carbocycles. The standard InChI is InChI=1S/C7H13ClN2O3S/c1-7(6(9)11)2-3-10(4-7)14(12,13)5-8/h2-5H2,1H3,(H2,9,11). The Bertz CT molecular complexity index is 343. The summed E-state index contributed by atoms with van der Waals surface area (Å²) in [4.78, 5) is 11.1. The highest BCUT2D eigenvalue weighted by molar-refractivity contribution is 7.90. The molecule has 1 aliphatic heterocycles. The molecule has 14 heavy (non-hydrogen) atoms. The number of hydrogen-bond acceptors (Lipinski definition) is 3. The molecule has 2 N–H and O–H groups in total. The van der Waals surface area contributed by atoms with Crippen LogP contribution in [-0.4, -0.2) is 36.9 Å². The van der Waals surface area contributed by atoms with Crippen molar-refractivity contribution in [1.82, 2.24) is 4.31 Å². The number of alkyl halides is 1. The molecule has 1 fully saturated rings. The summed E-state index contributed by atoms with van der Waals surface area (Å²) in [7, 11) is -3.41. The predicted molar refractivity (Wildman–Crippen MR) is 53.1 cm³/mol. The van der Waals surface area contributed by atoms with E-state index in [2.05, 4.69) is 0 Å². The van der Waals surface area contributed by atoms with E-state index in [0.717, 1.165) is 0 Å². The number of rotatable bonds is 3. The van der Waals surface area contributed by atoms with Crippen LogP contribution in [-0.2, 0) is 14.8 Å². The highest BCUT2D eigenvalue weighted by Gasteiger charge is 2.42. The minimum absolute atomic E-state index is 0.136. The lowest BCUT2D eigenvalue weighted by Gasteiger charge is -2.19. The van der Waals surface area contributed by atoms with Crippen LogP contribution in [0.2, 0.25) is 0 Å². The highest BCUT2D eigenvalue weighted by atomic mass is 35.5. The van der Waals surface area contributed by atoms with Gasteiger partial charge in [0, 0.05) is 13.1 Å². The number of carbonyl (C=O) groups excluding carboxylic acids is 1. The zero-order valence-corrected chi connectivity index (χ0v) is 9.44. The third-order valence-electron chi connectivity index (χ3n) is 2.56. The van der Waals surface area contributed by atoms with E-state index < -0.39 is 26.6 Å². The first-order valence-electron chi connectivity index (χ1n) is 4.15. The Morgan fingerprint density at radius 1 is 1.64 bits per heavy atom. The molecule has 1 amide bonds. The van der Waals surface area contributed by atoms with Gasteiger partial charge in [-0.3, -0.25) is 4.79 Å². The fourth-order valence-corrected chi connectivity index (χ4v) is 2.83. The molecule has 0 aromatic heterocycles. The van der Waals surface area contributed by atoms with Crippen LogP contribution in [0.15, 0.2) is 0 Å². The Labute approximate surface area is 88.2 Å². The van der Waals surface area contributed by atoms with Crippen molar-refractivity contribution < 1.29 is 13.2 Å². The second-order valence-electron chi connectivity index (χ2n) is 3.73. The van der Waals surface area contributed by atoms with Gasteiger partial charge in [0.2, 0.25) is 15.9 Å². The maximum absolute atomic E-state index is 11.4. The molecule has 82 valence electrons. The van der Waals surface area contributed by atoms with Crippen molar-refractivity contribution in [2.24, 2.45) is 11.1 Å². The Balaban J connectivity index is 2.81. The van der Waals surface area contributed by atoms with Crippen LogP contribution in [0.25, 0.3) is 0 Å². The zero-order chi connectivity index (χ0) is 11.0. The van der Waals surface area contributed by atoms with Crippen molar-refractivity contribution in [1.29, 1.82) is 0 Å². The van der Waals surface area contributed by atoms with Gasteiger partial charge in [-0.2, -0.15) is 4.31 Å². The van der Waals surface area contributed by atoms with E-state index in [1.807, 2.05) is 0 Å². The number of primary amides is 1. The average molecular weight is 241 g/mol. The maximum atomic E-state index is 11.4. The molecule has 1 rings (SSSR count). The Morgan fingerprint density at radius 2 is 2.21 bits per heavy atom. The van der Waals surface area contributed by atoms with Crippen LogP contribution in [0, 0.1) is 5.41 Å². The molecule has 1 saturated heterocycles. The molecule has 5 nitrogen and oxygen atoms in total. The third-order valence-corrected chi connectivity index (χ3v) is 4.77. The van der Waals surface area contributed by atoms with Gasteiger partial charge in [0.05, 0.1) is 5.41 Å². The molecule has 0 radical (unpaired) electrons. The zero-order valence-electron chi connectivity index (χ0n) is 7.86. The summed E-state index contributed by atoms with van der Waals surface area (Å²) in [5.41, 5.74) is 4.43. The summed E-state index contributed by atoms with van der Waals surface area (Å²) in [6.45, 7) is 2.12. The van der Waals surface area contributed by atoms with Gasteiger partial charge in [0.25, 0.3) is 0 Å². The molecule has 0 bridgehead atoms. The lowest BCUT2D eigenvalue weighted by molar-refractivity contribution is -0.126. The van der Waals surface area contributed by atoms with Crippen LogP contribution in [0.4, 0.5) is 0 Å². The summed E-state index contributed by atoms with van der Waals surface area (Å²) in [5, 5.41) is -0.457. The van der Waals surface area contributed by atoms with Gasteiger partial charge in [-0.05, 0) is 13.3 Å². The van der Waals surface area contributed by atoms with Gasteiger partial charge in [-0.1, -0.05) is 0 Å². The second kappa shape index (κ2) is 3.67. The average Bonchev–Trinajstić information content (AvgIpc) is 2.50. The van der Waals surface area contributed by atoms with Gasteiger partial charge in [-0.15, -0.1) is 11.6 Å². The summed E-state index contributed by atoms with van der Waals surface area (Å²) in [6.07, 6.45) is 0.457. The minimum atomic E-state index is -3.41. The fourth-order valence-electron chi connectivity index (χ4n) is 1.43. The van der Waals surface area contributed by atoms with Crippen LogP contribution in [0.3, 0.4) is 0 Å². The van der Waals surface area contributed by atoms with Crippen molar-refractivity contribution in [3.8, 4) is 0 Å². The van der Waals surface area contributed by atoms with Gasteiger partial charge < -0.3 is 5.73 Å². The van der Waals surface area contributed by atoms with Crippen molar-refractivity contribution in [2.75, 3.05) is 18.3 Å². The lowest BCUT2D eigenvalue weighted by atomic mass is 9.89. The first-order chi connectivity index (χ1) is 6.32. The predicted octanol–water partition coefficient (Wildman–Crippen LogP) is -0.290. The first-order valence-corrected chi connectivity index (χ1v) is 6.30. The lowest BCUT2D eigenvalue weighted by Crippen LogP contribution is -2.38. The summed E-state index contributed by atoms with van der Waals surface area (Å²) < 4.78 is 23.9. The largest absolute Gasteiger partial charge is 0.369 e. The summed E-state index contributed by atoms with van der Waals surface area (Å²) in [5.74, 6) is -0.468. The molecule has 7 heteroatoms. The number of sulfonamides is 1. The Hall–Kier alpha value is -0.330. The van der Waals surface area contributed by atoms with E-state index in [1.165, 1.54) is 4.31 Å². The van der Waals surface area contributed by atoms with Gasteiger partial charge in [0.1, 0.15) is 5.21 Å². The number of halogens is 1. The van der Waals surface area contributed by atoms with Crippen molar-refractivity contribution >= 4 is 27.5 Å². The van der Waals surface area contributed by atoms with Crippen molar-refractivity contribution in [2.45, 2.75) is 13.3 Å². The molecule has 0 saturated carbocycles. The number of amides is 1. The minimum Gasteiger partial charge on any atom is -0.369 e. The quantitative estimate of drug-likeness (QED) is 0.689. The molecule has 1 aliphatic rings. The first kappa shape index (κ1) is 11.7. The molecule has 0 spiro atoms.